The average Bonchev–Trinajstić information content (AvgIpc) is 2.58. The maximum Gasteiger partial charge on any atom is 0.220 e. The Kier molecular flexibility index (Phi) is 6.82. The van der Waals surface area contributed by atoms with E-state index in [2.05, 4.69) is 43.7 Å². The number of hydrogen-bond donors (Lipinski definition) is 2. The maximum absolute atomic E-state index is 12.3. The van der Waals surface area contributed by atoms with Crippen molar-refractivity contribution in [3.8, 4) is 0 Å². The smallest absolute Gasteiger partial charge is 0.220 e. The molecular formula is C20H27N2O+. The van der Waals surface area contributed by atoms with Crippen LogP contribution in [0.2, 0.25) is 0 Å². The van der Waals surface area contributed by atoms with E-state index in [9.17, 15) is 4.79 Å². The lowest BCUT2D eigenvalue weighted by molar-refractivity contribution is -0.858. The van der Waals surface area contributed by atoms with E-state index < -0.39 is 0 Å². The first-order chi connectivity index (χ1) is 11.2. The molecule has 0 atom stereocenters. The standard InChI is InChI=1S/C20H26N2O/c1-22(2)15-9-14-21-20(23)16-19(17-10-5-3-6-11-17)18-12-7-4-8-13-18/h3-8,10-13,19H,9,14-16H2,1-2H3,(H,21,23)/p+1. The van der Waals surface area contributed by atoms with Gasteiger partial charge in [-0.25, -0.2) is 0 Å². The van der Waals surface area contributed by atoms with Gasteiger partial charge in [-0.1, -0.05) is 60.7 Å². The lowest BCUT2D eigenvalue weighted by Crippen LogP contribution is -3.05. The minimum Gasteiger partial charge on any atom is -0.356 e. The largest absolute Gasteiger partial charge is 0.356 e. The third kappa shape index (κ3) is 5.87. The Morgan fingerprint density at radius 2 is 1.48 bits per heavy atom. The summed E-state index contributed by atoms with van der Waals surface area (Å²) in [6.07, 6.45) is 1.50. The molecule has 2 aromatic carbocycles. The van der Waals surface area contributed by atoms with Gasteiger partial charge in [0.15, 0.2) is 0 Å². The number of carbonyl (C=O) groups excluding carboxylic acids is 1. The molecule has 0 unspecified atom stereocenters. The summed E-state index contributed by atoms with van der Waals surface area (Å²) in [6, 6.07) is 20.5. The minimum atomic E-state index is 0.108. The molecule has 0 aliphatic carbocycles. The van der Waals surface area contributed by atoms with Crippen LogP contribution < -0.4 is 10.2 Å². The molecule has 122 valence electrons. The summed E-state index contributed by atoms with van der Waals surface area (Å²) in [5, 5.41) is 3.06. The predicted octanol–water partition coefficient (Wildman–Crippen LogP) is 1.86. The highest BCUT2D eigenvalue weighted by Crippen LogP contribution is 2.27. The van der Waals surface area contributed by atoms with Gasteiger partial charge in [0, 0.05) is 25.3 Å². The monoisotopic (exact) mass is 311 g/mol. The highest BCUT2D eigenvalue weighted by atomic mass is 16.1. The maximum atomic E-state index is 12.3. The van der Waals surface area contributed by atoms with Crippen molar-refractivity contribution in [1.82, 2.24) is 5.32 Å². The summed E-state index contributed by atoms with van der Waals surface area (Å²) in [6.45, 7) is 1.82. The van der Waals surface area contributed by atoms with Crippen molar-refractivity contribution in [2.75, 3.05) is 27.2 Å². The molecule has 2 aromatic rings. The van der Waals surface area contributed by atoms with Crippen LogP contribution >= 0.6 is 0 Å². The quantitative estimate of drug-likeness (QED) is 0.717. The molecule has 0 aromatic heterocycles. The molecule has 3 nitrogen and oxygen atoms in total. The van der Waals surface area contributed by atoms with Gasteiger partial charge in [0.25, 0.3) is 0 Å². The highest BCUT2D eigenvalue weighted by Gasteiger charge is 2.17. The summed E-state index contributed by atoms with van der Waals surface area (Å²) in [4.78, 5) is 13.7. The van der Waals surface area contributed by atoms with Crippen LogP contribution in [0.3, 0.4) is 0 Å². The summed E-state index contributed by atoms with van der Waals surface area (Å²) in [7, 11) is 4.26. The number of benzene rings is 2. The molecule has 0 bridgehead atoms. The van der Waals surface area contributed by atoms with Crippen LogP contribution in [0.4, 0.5) is 0 Å². The molecule has 0 saturated heterocycles. The Morgan fingerprint density at radius 1 is 0.957 bits per heavy atom. The van der Waals surface area contributed by atoms with Crippen LogP contribution in [-0.4, -0.2) is 33.1 Å². The van der Waals surface area contributed by atoms with Crippen molar-refractivity contribution >= 4 is 5.91 Å². The average molecular weight is 311 g/mol. The van der Waals surface area contributed by atoms with Crippen molar-refractivity contribution in [2.45, 2.75) is 18.8 Å². The third-order valence-electron chi connectivity index (χ3n) is 3.97. The molecule has 0 saturated carbocycles. The van der Waals surface area contributed by atoms with Gasteiger partial charge >= 0.3 is 0 Å². The van der Waals surface area contributed by atoms with Crippen molar-refractivity contribution in [3.05, 3.63) is 71.8 Å². The van der Waals surface area contributed by atoms with Gasteiger partial charge < -0.3 is 10.2 Å². The lowest BCUT2D eigenvalue weighted by Gasteiger charge is -2.18. The van der Waals surface area contributed by atoms with Crippen LogP contribution in [0.15, 0.2) is 60.7 Å². The first kappa shape index (κ1) is 17.2. The molecule has 0 fully saturated rings. The van der Waals surface area contributed by atoms with Crippen molar-refractivity contribution in [3.63, 3.8) is 0 Å². The first-order valence-corrected chi connectivity index (χ1v) is 8.32. The summed E-state index contributed by atoms with van der Waals surface area (Å²) in [5.41, 5.74) is 2.37. The summed E-state index contributed by atoms with van der Waals surface area (Å²) >= 11 is 0. The fourth-order valence-electron chi connectivity index (χ4n) is 2.73. The second-order valence-corrected chi connectivity index (χ2v) is 6.24. The Labute approximate surface area is 139 Å². The Bertz CT molecular complexity index is 542. The summed E-state index contributed by atoms with van der Waals surface area (Å²) in [5.74, 6) is 0.230. The fourth-order valence-corrected chi connectivity index (χ4v) is 2.73. The molecule has 0 heterocycles. The van der Waals surface area contributed by atoms with E-state index in [4.69, 9.17) is 0 Å². The van der Waals surface area contributed by atoms with Gasteiger partial charge in [0.1, 0.15) is 0 Å². The Hall–Kier alpha value is -2.13. The van der Waals surface area contributed by atoms with Gasteiger partial charge in [0.05, 0.1) is 20.6 Å². The molecule has 0 aliphatic rings. The minimum absolute atomic E-state index is 0.108. The number of amides is 1. The lowest BCUT2D eigenvalue weighted by atomic mass is 9.88. The molecule has 3 heteroatoms. The van der Waals surface area contributed by atoms with Gasteiger partial charge in [-0.15, -0.1) is 0 Å². The molecule has 1 amide bonds. The normalized spacial score (nSPS) is 11.0. The van der Waals surface area contributed by atoms with Crippen LogP contribution in [0.5, 0.6) is 0 Å². The van der Waals surface area contributed by atoms with Gasteiger partial charge in [-0.2, -0.15) is 0 Å². The van der Waals surface area contributed by atoms with Crippen LogP contribution in [-0.2, 0) is 4.79 Å². The Morgan fingerprint density at radius 3 is 1.96 bits per heavy atom. The number of quaternary nitrogens is 1. The second-order valence-electron chi connectivity index (χ2n) is 6.24. The number of rotatable bonds is 8. The number of hydrogen-bond acceptors (Lipinski definition) is 1. The zero-order chi connectivity index (χ0) is 16.5. The fraction of sp³-hybridized carbons (Fsp3) is 0.350. The second kappa shape index (κ2) is 9.11. The van der Waals surface area contributed by atoms with E-state index in [1.807, 2.05) is 36.4 Å². The molecular weight excluding hydrogens is 284 g/mol. The van der Waals surface area contributed by atoms with E-state index >= 15 is 0 Å². The van der Waals surface area contributed by atoms with Crippen LogP contribution in [0.1, 0.15) is 29.9 Å². The van der Waals surface area contributed by atoms with E-state index in [0.29, 0.717) is 6.42 Å². The third-order valence-corrected chi connectivity index (χ3v) is 3.97. The molecule has 2 N–H and O–H groups in total. The highest BCUT2D eigenvalue weighted by molar-refractivity contribution is 5.77. The van der Waals surface area contributed by atoms with Gasteiger partial charge in [-0.05, 0) is 11.1 Å². The topological polar surface area (TPSA) is 33.5 Å². The molecule has 0 spiro atoms. The van der Waals surface area contributed by atoms with E-state index in [1.165, 1.54) is 16.0 Å². The molecule has 0 aliphatic heterocycles. The van der Waals surface area contributed by atoms with Gasteiger partial charge in [0.2, 0.25) is 5.91 Å². The predicted molar refractivity (Wildman–Crippen MR) is 94.6 cm³/mol. The van der Waals surface area contributed by atoms with Crippen molar-refractivity contribution in [2.24, 2.45) is 0 Å². The van der Waals surface area contributed by atoms with E-state index in [0.717, 1.165) is 19.5 Å². The SMILES string of the molecule is C[NH+](C)CCCNC(=O)CC(c1ccccc1)c1ccccc1. The summed E-state index contributed by atoms with van der Waals surface area (Å²) < 4.78 is 0. The first-order valence-electron chi connectivity index (χ1n) is 8.32. The van der Waals surface area contributed by atoms with Gasteiger partial charge in [-0.3, -0.25) is 4.79 Å². The van der Waals surface area contributed by atoms with E-state index in [1.54, 1.807) is 0 Å². The van der Waals surface area contributed by atoms with Crippen LogP contribution in [0, 0.1) is 0 Å². The van der Waals surface area contributed by atoms with Crippen molar-refractivity contribution in [1.29, 1.82) is 0 Å². The molecule has 23 heavy (non-hydrogen) atoms. The zero-order valence-corrected chi connectivity index (χ0v) is 14.1. The van der Waals surface area contributed by atoms with Crippen LogP contribution in [0.25, 0.3) is 0 Å². The number of carbonyl (C=O) groups is 1. The Balaban J connectivity index is 2.00. The van der Waals surface area contributed by atoms with Crippen molar-refractivity contribution < 1.29 is 9.69 Å². The van der Waals surface area contributed by atoms with E-state index in [-0.39, 0.29) is 11.8 Å². The zero-order valence-electron chi connectivity index (χ0n) is 14.1. The number of nitrogens with one attached hydrogen (secondary N) is 2. The molecule has 2 rings (SSSR count). The molecule has 0 radical (unpaired) electrons.